The van der Waals surface area contributed by atoms with Gasteiger partial charge in [0.05, 0.1) is 0 Å². The lowest BCUT2D eigenvalue weighted by atomic mass is 9.84. The molecule has 0 atom stereocenters. The molecule has 190 valence electrons. The molecule has 39 heavy (non-hydrogen) atoms. The van der Waals surface area contributed by atoms with Crippen molar-refractivity contribution in [2.24, 2.45) is 0 Å². The average molecular weight is 504 g/mol. The normalized spacial score (nSPS) is 14.1. The van der Waals surface area contributed by atoms with Crippen LogP contribution in [0.4, 0.5) is 17.1 Å². The summed E-state index contributed by atoms with van der Waals surface area (Å²) < 4.78 is 0. The van der Waals surface area contributed by atoms with E-state index in [0.29, 0.717) is 0 Å². The van der Waals surface area contributed by atoms with Crippen molar-refractivity contribution >= 4 is 38.6 Å². The van der Waals surface area contributed by atoms with Gasteiger partial charge in [-0.3, -0.25) is 0 Å². The van der Waals surface area contributed by atoms with Crippen molar-refractivity contribution in [3.8, 4) is 11.1 Å². The minimum Gasteiger partial charge on any atom is -0.310 e. The van der Waals surface area contributed by atoms with E-state index in [4.69, 9.17) is 0 Å². The van der Waals surface area contributed by atoms with Gasteiger partial charge in [0.2, 0.25) is 0 Å². The smallest absolute Gasteiger partial charge is 0.0468 e. The molecule has 0 N–H and O–H groups in total. The van der Waals surface area contributed by atoms with Crippen molar-refractivity contribution in [1.82, 2.24) is 0 Å². The molecule has 1 aliphatic carbocycles. The van der Waals surface area contributed by atoms with Gasteiger partial charge in [0.15, 0.2) is 0 Å². The number of benzene rings is 6. The maximum absolute atomic E-state index is 2.38. The van der Waals surface area contributed by atoms with E-state index < -0.39 is 0 Å². The number of hydrogen-bond donors (Lipinski definition) is 0. The molecule has 6 aromatic rings. The Hall–Kier alpha value is -4.36. The first-order valence-electron chi connectivity index (χ1n) is 14.3. The van der Waals surface area contributed by atoms with E-state index in [2.05, 4.69) is 138 Å². The molecule has 0 spiro atoms. The van der Waals surface area contributed by atoms with E-state index >= 15 is 0 Å². The number of nitrogens with zero attached hydrogens (tertiary/aromatic N) is 1. The van der Waals surface area contributed by atoms with Crippen LogP contribution in [0.2, 0.25) is 0 Å². The monoisotopic (exact) mass is 503 g/mol. The second-order valence-corrected chi connectivity index (χ2v) is 10.9. The van der Waals surface area contributed by atoms with Gasteiger partial charge in [0.25, 0.3) is 0 Å². The highest BCUT2D eigenvalue weighted by atomic mass is 15.1. The van der Waals surface area contributed by atoms with Crippen LogP contribution in [0.3, 0.4) is 0 Å². The van der Waals surface area contributed by atoms with Crippen molar-refractivity contribution in [2.45, 2.75) is 38.0 Å². The first-order chi connectivity index (χ1) is 19.3. The van der Waals surface area contributed by atoms with Gasteiger partial charge in [-0.25, -0.2) is 0 Å². The van der Waals surface area contributed by atoms with Gasteiger partial charge in [0.1, 0.15) is 0 Å². The summed E-state index contributed by atoms with van der Waals surface area (Å²) in [6.45, 7) is 0. The third-order valence-corrected chi connectivity index (χ3v) is 8.41. The molecule has 0 aromatic heterocycles. The van der Waals surface area contributed by atoms with Crippen LogP contribution >= 0.6 is 0 Å². The van der Waals surface area contributed by atoms with Crippen LogP contribution in [-0.2, 0) is 0 Å². The number of rotatable bonds is 5. The Morgan fingerprint density at radius 2 is 0.949 bits per heavy atom. The largest absolute Gasteiger partial charge is 0.310 e. The van der Waals surface area contributed by atoms with Crippen molar-refractivity contribution in [1.29, 1.82) is 0 Å². The van der Waals surface area contributed by atoms with Gasteiger partial charge in [-0.05, 0) is 106 Å². The number of hydrogen-bond acceptors (Lipinski definition) is 1. The molecule has 1 fully saturated rings. The van der Waals surface area contributed by atoms with Crippen molar-refractivity contribution in [2.75, 3.05) is 4.90 Å². The van der Waals surface area contributed by atoms with E-state index in [-0.39, 0.29) is 0 Å². The zero-order chi connectivity index (χ0) is 26.0. The molecule has 6 aromatic carbocycles. The molecular formula is C38H33N. The molecule has 0 aliphatic heterocycles. The molecule has 1 heteroatoms. The highest BCUT2D eigenvalue weighted by Crippen LogP contribution is 2.39. The van der Waals surface area contributed by atoms with Gasteiger partial charge in [-0.1, -0.05) is 104 Å². The minimum atomic E-state index is 0.718. The zero-order valence-electron chi connectivity index (χ0n) is 22.3. The van der Waals surface area contributed by atoms with Crippen molar-refractivity contribution < 1.29 is 0 Å². The maximum Gasteiger partial charge on any atom is 0.0468 e. The van der Waals surface area contributed by atoms with Crippen LogP contribution in [0.25, 0.3) is 32.7 Å². The Labute approximate surface area is 231 Å². The Morgan fingerprint density at radius 1 is 0.410 bits per heavy atom. The predicted molar refractivity (Wildman–Crippen MR) is 167 cm³/mol. The quantitative estimate of drug-likeness (QED) is 0.226. The highest BCUT2D eigenvalue weighted by molar-refractivity contribution is 5.94. The zero-order valence-corrected chi connectivity index (χ0v) is 22.3. The molecule has 1 aliphatic rings. The SMILES string of the molecule is c1ccc(N(c2ccc(C3CCCCC3)cc2)c2ccc3cc(-c4ccc5ccccc5c4)ccc3c2)cc1. The predicted octanol–water partition coefficient (Wildman–Crippen LogP) is 11.2. The molecule has 0 amide bonds. The second-order valence-electron chi connectivity index (χ2n) is 10.9. The lowest BCUT2D eigenvalue weighted by Crippen LogP contribution is -2.10. The highest BCUT2D eigenvalue weighted by Gasteiger charge is 2.17. The molecule has 0 heterocycles. The standard InChI is InChI=1S/C38H33N/c1-3-9-28(10-4-1)30-19-22-37(23-20-30)39(36-13-5-2-6-14-36)38-24-21-34-26-33(17-18-35(34)27-38)32-16-15-29-11-7-8-12-31(29)25-32/h2,5-8,11-28H,1,3-4,9-10H2. The van der Waals surface area contributed by atoms with E-state index in [9.17, 15) is 0 Å². The lowest BCUT2D eigenvalue weighted by molar-refractivity contribution is 0.443. The van der Waals surface area contributed by atoms with Gasteiger partial charge >= 0.3 is 0 Å². The van der Waals surface area contributed by atoms with Gasteiger partial charge < -0.3 is 4.90 Å². The van der Waals surface area contributed by atoms with Crippen molar-refractivity contribution in [3.63, 3.8) is 0 Å². The fourth-order valence-corrected chi connectivity index (χ4v) is 6.28. The average Bonchev–Trinajstić information content (AvgIpc) is 3.02. The first-order valence-corrected chi connectivity index (χ1v) is 14.3. The number of anilines is 3. The van der Waals surface area contributed by atoms with Gasteiger partial charge in [-0.2, -0.15) is 0 Å². The summed E-state index contributed by atoms with van der Waals surface area (Å²) in [7, 11) is 0. The van der Waals surface area contributed by atoms with E-state index in [1.165, 1.54) is 87.4 Å². The number of para-hydroxylation sites is 1. The molecule has 7 rings (SSSR count). The molecule has 0 radical (unpaired) electrons. The van der Waals surface area contributed by atoms with Crippen LogP contribution < -0.4 is 4.90 Å². The summed E-state index contributed by atoms with van der Waals surface area (Å²) in [5.74, 6) is 0.718. The lowest BCUT2D eigenvalue weighted by Gasteiger charge is -2.27. The Kier molecular flexibility index (Phi) is 6.34. The Bertz CT molecular complexity index is 1730. The first kappa shape index (κ1) is 23.7. The summed E-state index contributed by atoms with van der Waals surface area (Å²) in [5, 5.41) is 5.06. The molecule has 1 saturated carbocycles. The molecule has 0 bridgehead atoms. The van der Waals surface area contributed by atoms with Crippen LogP contribution in [0.15, 0.2) is 133 Å². The minimum absolute atomic E-state index is 0.718. The maximum atomic E-state index is 2.38. The van der Waals surface area contributed by atoms with Gasteiger partial charge in [-0.15, -0.1) is 0 Å². The van der Waals surface area contributed by atoms with Crippen LogP contribution in [-0.4, -0.2) is 0 Å². The summed E-state index contributed by atoms with van der Waals surface area (Å²) in [6.07, 6.45) is 6.77. The van der Waals surface area contributed by atoms with E-state index in [0.717, 1.165) is 5.92 Å². The summed E-state index contributed by atoms with van der Waals surface area (Å²) in [5.41, 5.74) is 7.55. The Morgan fingerprint density at radius 3 is 1.69 bits per heavy atom. The molecular weight excluding hydrogens is 470 g/mol. The van der Waals surface area contributed by atoms with Crippen LogP contribution in [0, 0.1) is 0 Å². The van der Waals surface area contributed by atoms with Gasteiger partial charge in [0, 0.05) is 17.1 Å². The fraction of sp³-hybridized carbons (Fsp3) is 0.158. The van der Waals surface area contributed by atoms with Crippen molar-refractivity contribution in [3.05, 3.63) is 139 Å². The van der Waals surface area contributed by atoms with E-state index in [1.807, 2.05) is 0 Å². The Balaban J connectivity index is 1.25. The molecule has 1 nitrogen and oxygen atoms in total. The topological polar surface area (TPSA) is 3.24 Å². The summed E-state index contributed by atoms with van der Waals surface area (Å²) >= 11 is 0. The van der Waals surface area contributed by atoms with E-state index in [1.54, 1.807) is 0 Å². The molecule has 0 unspecified atom stereocenters. The summed E-state index contributed by atoms with van der Waals surface area (Å²) in [6, 6.07) is 49.0. The third-order valence-electron chi connectivity index (χ3n) is 8.41. The molecule has 0 saturated heterocycles. The summed E-state index contributed by atoms with van der Waals surface area (Å²) in [4.78, 5) is 2.38. The third kappa shape index (κ3) is 4.81. The fourth-order valence-electron chi connectivity index (χ4n) is 6.28. The number of fused-ring (bicyclic) bond motifs is 2. The van der Waals surface area contributed by atoms with Crippen LogP contribution in [0.1, 0.15) is 43.6 Å². The van der Waals surface area contributed by atoms with Crippen LogP contribution in [0.5, 0.6) is 0 Å². The second kappa shape index (κ2) is 10.4.